The lowest BCUT2D eigenvalue weighted by Gasteiger charge is -2.27. The van der Waals surface area contributed by atoms with Crippen molar-refractivity contribution in [2.24, 2.45) is 5.41 Å². The van der Waals surface area contributed by atoms with E-state index < -0.39 is 0 Å². The van der Waals surface area contributed by atoms with E-state index in [1.165, 1.54) is 128 Å². The summed E-state index contributed by atoms with van der Waals surface area (Å²) in [7, 11) is 0. The average Bonchev–Trinajstić information content (AvgIpc) is 2.79. The van der Waals surface area contributed by atoms with Gasteiger partial charge in [0.15, 0.2) is 0 Å². The quantitative estimate of drug-likeness (QED) is 0.102. The van der Waals surface area contributed by atoms with E-state index in [-0.39, 0.29) is 11.4 Å². The molecule has 0 spiro atoms. The van der Waals surface area contributed by atoms with Crippen LogP contribution in [0.3, 0.4) is 0 Å². The molecule has 0 aromatic rings. The Morgan fingerprint density at radius 1 is 0.500 bits per heavy atom. The number of esters is 1. The monoisotopic (exact) mass is 452 g/mol. The number of hydrogen-bond acceptors (Lipinski definition) is 2. The van der Waals surface area contributed by atoms with Gasteiger partial charge in [0.2, 0.25) is 0 Å². The number of hydrogen-bond donors (Lipinski definition) is 0. The molecule has 0 aliphatic heterocycles. The molecule has 0 aliphatic carbocycles. The van der Waals surface area contributed by atoms with E-state index in [1.807, 2.05) is 0 Å². The second-order valence-electron chi connectivity index (χ2n) is 10.6. The molecule has 0 rings (SSSR count). The van der Waals surface area contributed by atoms with E-state index >= 15 is 0 Å². The molecular weight excluding hydrogens is 392 g/mol. The maximum atomic E-state index is 13.0. The molecule has 0 N–H and O–H groups in total. The second-order valence-corrected chi connectivity index (χ2v) is 10.6. The molecule has 0 aliphatic rings. The Kier molecular flexibility index (Phi) is 23.2. The van der Waals surface area contributed by atoms with E-state index in [2.05, 4.69) is 27.7 Å². The molecule has 192 valence electrons. The molecule has 0 radical (unpaired) electrons. The van der Waals surface area contributed by atoms with Gasteiger partial charge in [0.05, 0.1) is 12.0 Å². The SMILES string of the molecule is CCCCCCCCCCC(C)(CCCCCCCC)C(=O)OCCCCCCCCC. The van der Waals surface area contributed by atoms with Gasteiger partial charge in [0, 0.05) is 0 Å². The predicted molar refractivity (Wildman–Crippen MR) is 142 cm³/mol. The minimum absolute atomic E-state index is 0.0833. The maximum absolute atomic E-state index is 13.0. The third-order valence-electron chi connectivity index (χ3n) is 7.14. The van der Waals surface area contributed by atoms with Gasteiger partial charge in [-0.05, 0) is 26.2 Å². The molecule has 1 unspecified atom stereocenters. The Bertz CT molecular complexity index is 392. The van der Waals surface area contributed by atoms with Crippen LogP contribution < -0.4 is 0 Å². The molecule has 0 heterocycles. The Balaban J connectivity index is 4.24. The molecule has 0 fully saturated rings. The van der Waals surface area contributed by atoms with Gasteiger partial charge in [-0.2, -0.15) is 0 Å². The summed E-state index contributed by atoms with van der Waals surface area (Å²) in [5.41, 5.74) is -0.270. The summed E-state index contributed by atoms with van der Waals surface area (Å²) in [6.07, 6.45) is 29.2. The van der Waals surface area contributed by atoms with E-state index in [1.54, 1.807) is 0 Å². The number of carbonyl (C=O) groups is 1. The molecule has 0 aromatic carbocycles. The van der Waals surface area contributed by atoms with Crippen LogP contribution in [0.5, 0.6) is 0 Å². The van der Waals surface area contributed by atoms with Crippen molar-refractivity contribution < 1.29 is 9.53 Å². The third kappa shape index (κ3) is 19.0. The summed E-state index contributed by atoms with van der Waals surface area (Å²) in [5.74, 6) is 0.0833. The van der Waals surface area contributed by atoms with Crippen LogP contribution in [-0.4, -0.2) is 12.6 Å². The van der Waals surface area contributed by atoms with Crippen molar-refractivity contribution in [1.82, 2.24) is 0 Å². The fraction of sp³-hybridized carbons (Fsp3) is 0.967. The first kappa shape index (κ1) is 31.5. The molecule has 0 bridgehead atoms. The Morgan fingerprint density at radius 2 is 0.812 bits per heavy atom. The minimum atomic E-state index is -0.270. The normalized spacial score (nSPS) is 13.2. The molecule has 2 heteroatoms. The van der Waals surface area contributed by atoms with Gasteiger partial charge in [0.25, 0.3) is 0 Å². The lowest BCUT2D eigenvalue weighted by Crippen LogP contribution is -2.30. The van der Waals surface area contributed by atoms with Gasteiger partial charge >= 0.3 is 5.97 Å². The zero-order chi connectivity index (χ0) is 23.8. The van der Waals surface area contributed by atoms with Crippen LogP contribution in [0, 0.1) is 5.41 Å². The largest absolute Gasteiger partial charge is 0.465 e. The van der Waals surface area contributed by atoms with Crippen molar-refractivity contribution in [3.8, 4) is 0 Å². The molecule has 1 atom stereocenters. The Labute approximate surface area is 203 Å². The van der Waals surface area contributed by atoms with Crippen LogP contribution in [0.2, 0.25) is 0 Å². The highest BCUT2D eigenvalue weighted by molar-refractivity contribution is 5.76. The molecule has 32 heavy (non-hydrogen) atoms. The summed E-state index contributed by atoms with van der Waals surface area (Å²) < 4.78 is 5.81. The third-order valence-corrected chi connectivity index (χ3v) is 7.14. The van der Waals surface area contributed by atoms with E-state index in [9.17, 15) is 4.79 Å². The smallest absolute Gasteiger partial charge is 0.311 e. The fourth-order valence-electron chi connectivity index (χ4n) is 4.67. The van der Waals surface area contributed by atoms with E-state index in [4.69, 9.17) is 4.74 Å². The van der Waals surface area contributed by atoms with Crippen molar-refractivity contribution in [3.63, 3.8) is 0 Å². The molecule has 0 saturated heterocycles. The van der Waals surface area contributed by atoms with E-state index in [0.29, 0.717) is 6.61 Å². The lowest BCUT2D eigenvalue weighted by atomic mass is 9.79. The Hall–Kier alpha value is -0.530. The van der Waals surface area contributed by atoms with Gasteiger partial charge in [-0.25, -0.2) is 0 Å². The van der Waals surface area contributed by atoms with Crippen molar-refractivity contribution in [1.29, 1.82) is 0 Å². The van der Waals surface area contributed by atoms with Crippen molar-refractivity contribution in [2.75, 3.05) is 6.61 Å². The van der Waals surface area contributed by atoms with Gasteiger partial charge in [-0.15, -0.1) is 0 Å². The second kappa shape index (κ2) is 23.6. The first-order valence-corrected chi connectivity index (χ1v) is 14.8. The molecule has 0 amide bonds. The minimum Gasteiger partial charge on any atom is -0.465 e. The van der Waals surface area contributed by atoms with Crippen LogP contribution in [0.4, 0.5) is 0 Å². The highest BCUT2D eigenvalue weighted by Gasteiger charge is 2.33. The first-order chi connectivity index (χ1) is 15.6. The van der Waals surface area contributed by atoms with Crippen LogP contribution in [0.1, 0.15) is 175 Å². The van der Waals surface area contributed by atoms with Crippen LogP contribution in [-0.2, 0) is 9.53 Å². The summed E-state index contributed by atoms with van der Waals surface area (Å²) in [4.78, 5) is 13.0. The lowest BCUT2D eigenvalue weighted by molar-refractivity contribution is -0.156. The van der Waals surface area contributed by atoms with Crippen LogP contribution >= 0.6 is 0 Å². The summed E-state index contributed by atoms with van der Waals surface area (Å²) in [6.45, 7) is 9.61. The number of rotatable bonds is 25. The number of unbranched alkanes of at least 4 members (excludes halogenated alkanes) is 18. The Morgan fingerprint density at radius 3 is 1.19 bits per heavy atom. The highest BCUT2D eigenvalue weighted by Crippen LogP contribution is 2.33. The van der Waals surface area contributed by atoms with Gasteiger partial charge < -0.3 is 4.74 Å². The van der Waals surface area contributed by atoms with Crippen LogP contribution in [0.15, 0.2) is 0 Å². The van der Waals surface area contributed by atoms with Gasteiger partial charge in [0.1, 0.15) is 0 Å². The van der Waals surface area contributed by atoms with Gasteiger partial charge in [-0.1, -0.05) is 149 Å². The summed E-state index contributed by atoms with van der Waals surface area (Å²) in [5, 5.41) is 0. The maximum Gasteiger partial charge on any atom is 0.311 e. The summed E-state index contributed by atoms with van der Waals surface area (Å²) in [6, 6.07) is 0. The first-order valence-electron chi connectivity index (χ1n) is 14.8. The van der Waals surface area contributed by atoms with Gasteiger partial charge in [-0.3, -0.25) is 4.79 Å². The van der Waals surface area contributed by atoms with Crippen molar-refractivity contribution in [3.05, 3.63) is 0 Å². The van der Waals surface area contributed by atoms with Crippen molar-refractivity contribution >= 4 is 5.97 Å². The number of ether oxygens (including phenoxy) is 1. The van der Waals surface area contributed by atoms with E-state index in [0.717, 1.165) is 19.3 Å². The molecular formula is C30H60O2. The van der Waals surface area contributed by atoms with Crippen molar-refractivity contribution in [2.45, 2.75) is 175 Å². The fourth-order valence-corrected chi connectivity index (χ4v) is 4.67. The topological polar surface area (TPSA) is 26.3 Å². The molecule has 2 nitrogen and oxygen atoms in total. The average molecular weight is 453 g/mol. The van der Waals surface area contributed by atoms with Crippen LogP contribution in [0.25, 0.3) is 0 Å². The standard InChI is InChI=1S/C30H60O2/c1-5-8-11-14-17-18-21-24-27-30(4,26-23-20-16-13-10-7-3)29(31)32-28-25-22-19-15-12-9-6-2/h5-28H2,1-4H3. The molecule has 0 saturated carbocycles. The zero-order valence-electron chi connectivity index (χ0n) is 22.8. The highest BCUT2D eigenvalue weighted by atomic mass is 16.5. The zero-order valence-corrected chi connectivity index (χ0v) is 22.8. The summed E-state index contributed by atoms with van der Waals surface area (Å²) >= 11 is 0. The number of carbonyl (C=O) groups excluding carboxylic acids is 1. The predicted octanol–water partition coefficient (Wildman–Crippen LogP) is 10.6. The molecule has 0 aromatic heterocycles.